The van der Waals surface area contributed by atoms with Crippen LogP contribution in [0.2, 0.25) is 0 Å². The zero-order valence-electron chi connectivity index (χ0n) is 70.7. The van der Waals surface area contributed by atoms with Crippen molar-refractivity contribution < 1.29 is 111 Å². The number of carbonyl (C=O) groups is 10. The number of nitrogens with zero attached hydrogens (tertiary/aromatic N) is 3. The van der Waals surface area contributed by atoms with E-state index in [0.717, 1.165) is 18.5 Å². The Morgan fingerprint density at radius 2 is 1.46 bits per heavy atom. The molecule has 2 bridgehead atoms. The molecule has 4 aliphatic carbocycles. The molecule has 26 heteroatoms. The lowest BCUT2D eigenvalue weighted by atomic mass is 9.53. The predicted octanol–water partition coefficient (Wildman–Crippen LogP) is 10.8. The number of hydrogen-bond acceptors (Lipinski definition) is 25. The van der Waals surface area contributed by atoms with Crippen LogP contribution in [0.3, 0.4) is 0 Å². The number of ketones is 4. The van der Waals surface area contributed by atoms with Crippen molar-refractivity contribution in [3.05, 3.63) is 81.9 Å². The van der Waals surface area contributed by atoms with Crippen LogP contribution in [-0.2, 0) is 95.3 Å². The second-order valence-electron chi connectivity index (χ2n) is 34.5. The molecule has 26 nitrogen and oxygen atoms in total. The first-order chi connectivity index (χ1) is 54.0. The summed E-state index contributed by atoms with van der Waals surface area (Å²) in [5, 5.41) is 36.0. The molecule has 636 valence electrons. The van der Waals surface area contributed by atoms with Crippen molar-refractivity contribution >= 4 is 58.9 Å². The summed E-state index contributed by atoms with van der Waals surface area (Å²) >= 11 is 0. The van der Waals surface area contributed by atoms with E-state index in [4.69, 9.17) is 47.4 Å². The fraction of sp³-hybridized carbons (Fsp3) is 0.727. The largest absolute Gasteiger partial charge is 0.504 e. The number of amides is 1. The van der Waals surface area contributed by atoms with E-state index in [1.165, 1.54) is 26.0 Å². The van der Waals surface area contributed by atoms with Crippen LogP contribution in [0.5, 0.6) is 0 Å². The van der Waals surface area contributed by atoms with E-state index < -0.39 is 166 Å². The molecule has 0 radical (unpaired) electrons. The third-order valence-corrected chi connectivity index (χ3v) is 25.6. The summed E-state index contributed by atoms with van der Waals surface area (Å²) in [6.07, 6.45) is 12.7. The Bertz CT molecular complexity index is 3680. The molecule has 3 N–H and O–H groups in total. The predicted molar refractivity (Wildman–Crippen MR) is 423 cm³/mol. The Balaban J connectivity index is 0.888. The number of rotatable bonds is 23. The molecule has 8 aliphatic rings. The maximum atomic E-state index is 14.9. The molecule has 0 aromatic heterocycles. The van der Waals surface area contributed by atoms with Crippen molar-refractivity contribution in [1.29, 1.82) is 0 Å². The summed E-state index contributed by atoms with van der Waals surface area (Å²) in [6.45, 7) is 18.8. The van der Waals surface area contributed by atoms with Crippen molar-refractivity contribution in [1.82, 2.24) is 14.7 Å². The first kappa shape index (κ1) is 92.5. The molecular weight excluding hydrogens is 1470 g/mol. The molecule has 0 aromatic rings. The minimum atomic E-state index is -2.50. The van der Waals surface area contributed by atoms with Gasteiger partial charge in [-0.15, -0.1) is 0 Å². The molecule has 21 atom stereocenters. The SMILES string of the molecule is COC[C@H]1OC(=O)/C(=C\N(C)CCCN(C)C)C2=C(O)C(=O)C3=C([C@H](OC(C)=O)C[C@]4(C)[C@@H](OC(=O)CCCCCCC(=O)O[C@@H]5CC[C@@H](C[C@@H](C)[C@@H]6CC(=O)[C@H](C)/C=C(\C)[C@@H](O)[C@@H](OC)C(=O)[C@H](C)C[C@H](C)/C=C/C=C/C=C(\C)[C@@H](OC)C[C@@H]7CC[C@@H](C)[C@@](O)(O7)C(=O)C(=O)N7CCCC[C@H]7C(=O)O6)C[C@H]5OC)CC[C@@H]34)[C@]21C. The lowest BCUT2D eigenvalue weighted by molar-refractivity contribution is -0.265. The van der Waals surface area contributed by atoms with Gasteiger partial charge in [0.15, 0.2) is 11.5 Å². The van der Waals surface area contributed by atoms with Crippen molar-refractivity contribution in [3.63, 3.8) is 0 Å². The Morgan fingerprint density at radius 1 is 0.754 bits per heavy atom. The number of carbonyl (C=O) groups excluding carboxylic acids is 10. The van der Waals surface area contributed by atoms with Gasteiger partial charge in [0, 0.05) is 122 Å². The van der Waals surface area contributed by atoms with E-state index >= 15 is 0 Å². The molecule has 3 saturated heterocycles. The van der Waals surface area contributed by atoms with Crippen molar-refractivity contribution in [2.75, 3.05) is 75.8 Å². The molecule has 4 aliphatic heterocycles. The first-order valence-electron chi connectivity index (χ1n) is 41.5. The fourth-order valence-electron chi connectivity index (χ4n) is 18.9. The zero-order valence-corrected chi connectivity index (χ0v) is 70.7. The number of aliphatic hydroxyl groups excluding tert-OH is 2. The monoisotopic (exact) mass is 1600 g/mol. The third kappa shape index (κ3) is 22.0. The van der Waals surface area contributed by atoms with E-state index in [2.05, 4.69) is 0 Å². The number of aliphatic hydroxyl groups is 3. The second kappa shape index (κ2) is 41.4. The maximum Gasteiger partial charge on any atom is 0.340 e. The molecule has 0 spiro atoms. The Hall–Kier alpha value is -7.04. The van der Waals surface area contributed by atoms with Gasteiger partial charge >= 0.3 is 29.8 Å². The van der Waals surface area contributed by atoms with Gasteiger partial charge in [-0.1, -0.05) is 90.8 Å². The minimum absolute atomic E-state index is 0.0196. The quantitative estimate of drug-likeness (QED) is 0.0214. The highest BCUT2D eigenvalue weighted by Gasteiger charge is 2.66. The van der Waals surface area contributed by atoms with Gasteiger partial charge in [0.1, 0.15) is 54.6 Å². The lowest BCUT2D eigenvalue weighted by Gasteiger charge is -2.54. The summed E-state index contributed by atoms with van der Waals surface area (Å²) < 4.78 is 60.4. The Morgan fingerprint density at radius 3 is 2.11 bits per heavy atom. The molecule has 8 rings (SSSR count). The summed E-state index contributed by atoms with van der Waals surface area (Å²) in [7, 11) is 11.7. The van der Waals surface area contributed by atoms with E-state index in [0.29, 0.717) is 114 Å². The van der Waals surface area contributed by atoms with Crippen LogP contribution in [-0.4, -0.2) is 238 Å². The molecule has 114 heavy (non-hydrogen) atoms. The number of methoxy groups -OCH3 is 4. The first-order valence-corrected chi connectivity index (χ1v) is 41.5. The molecule has 0 unspecified atom stereocenters. The standard InChI is InChI=1S/C88H131N3O23/c1-51-28-21-20-22-29-52(2)66(106-15)46-60-35-33-57(7)88(104,114-60)82(100)83(101)91-41-26-25-30-63(91)85(103)111-67(47-64(93)53(3)43-56(6)78(97)81(108-17)77(96)55(5)42-51)54(4)44-59-34-37-65(68(45-59)107-16)110-72(94)31-23-18-19-24-32-73(95)112-70-38-36-62-74-76(69(109-58(8)92)48-86(62,70)9)87(10)71(50-105-14)113-84(102)61(75(87)80(99)79(74)98)49-90(13)40-27-39-89(11)12/h20-22,28-29,43,49,51,53-55,57,59-60,62-63,65-71,78,81,97,99,104H,18-19,23-27,30-42,44-48,50H2,1-17H3/b22-20+,28-21+,52-29+,56-43+,61-49-/t51-,53-,54-,55-,57-,59+,60+,62+,63+,65-,66+,67+,68-,69-,70+,71-,78-,81+,86+,87+,88-/m1/s1. The van der Waals surface area contributed by atoms with Crippen LogP contribution in [0.15, 0.2) is 81.9 Å². The average Bonchev–Trinajstić information content (AvgIpc) is 1.16. The van der Waals surface area contributed by atoms with Gasteiger partial charge in [-0.05, 0) is 185 Å². The number of piperidine rings is 1. The van der Waals surface area contributed by atoms with Gasteiger partial charge < -0.3 is 77.4 Å². The van der Waals surface area contributed by atoms with Gasteiger partial charge in [0.2, 0.25) is 11.6 Å². The number of fused-ring (bicyclic) bond motifs is 7. The zero-order chi connectivity index (χ0) is 83.8. The Kier molecular flexibility index (Phi) is 33.6. The molecular formula is C88H131N3O23. The van der Waals surface area contributed by atoms with Crippen molar-refractivity contribution in [2.45, 2.75) is 283 Å². The van der Waals surface area contributed by atoms with E-state index in [1.54, 1.807) is 68.2 Å². The molecule has 0 aromatic carbocycles. The van der Waals surface area contributed by atoms with Crippen LogP contribution in [0.4, 0.5) is 0 Å². The number of allylic oxidation sites excluding steroid dienone is 7. The van der Waals surface area contributed by atoms with Crippen LogP contribution >= 0.6 is 0 Å². The van der Waals surface area contributed by atoms with Crippen LogP contribution in [0.1, 0.15) is 210 Å². The second-order valence-corrected chi connectivity index (χ2v) is 34.5. The highest BCUT2D eigenvalue weighted by molar-refractivity contribution is 6.39. The number of hydrogen-bond donors (Lipinski definition) is 3. The minimum Gasteiger partial charge on any atom is -0.504 e. The molecule has 5 fully saturated rings. The smallest absolute Gasteiger partial charge is 0.340 e. The maximum absolute atomic E-state index is 14.9. The van der Waals surface area contributed by atoms with Gasteiger partial charge in [-0.25, -0.2) is 9.59 Å². The number of Topliss-reactive ketones (excluding diaryl/α,β-unsaturated/α-hetero) is 4. The Labute approximate surface area is 674 Å². The average molecular weight is 1600 g/mol. The third-order valence-electron chi connectivity index (χ3n) is 25.6. The van der Waals surface area contributed by atoms with Crippen LogP contribution in [0.25, 0.3) is 0 Å². The lowest BCUT2D eigenvalue weighted by Crippen LogP contribution is -2.61. The normalized spacial score (nSPS) is 36.1. The van der Waals surface area contributed by atoms with Crippen molar-refractivity contribution in [3.8, 4) is 0 Å². The highest BCUT2D eigenvalue weighted by atomic mass is 16.6. The van der Waals surface area contributed by atoms with Gasteiger partial charge in [0.05, 0.1) is 35.9 Å². The van der Waals surface area contributed by atoms with Crippen LogP contribution in [0, 0.1) is 52.3 Å². The van der Waals surface area contributed by atoms with Gasteiger partial charge in [-0.3, -0.25) is 38.4 Å². The number of esters is 5. The fourth-order valence-corrected chi connectivity index (χ4v) is 18.9. The van der Waals surface area contributed by atoms with E-state index in [9.17, 15) is 63.3 Å². The number of ether oxygens (including phenoxy) is 10. The summed E-state index contributed by atoms with van der Waals surface area (Å²) in [5.41, 5.74) is -0.268. The highest BCUT2D eigenvalue weighted by Crippen LogP contribution is 2.64. The summed E-state index contributed by atoms with van der Waals surface area (Å²) in [5.74, 6) is -12.8. The van der Waals surface area contributed by atoms with E-state index in [1.807, 2.05) is 82.0 Å². The van der Waals surface area contributed by atoms with Gasteiger partial charge in [0.25, 0.3) is 11.7 Å². The van der Waals surface area contributed by atoms with Crippen LogP contribution < -0.4 is 0 Å². The van der Waals surface area contributed by atoms with Crippen molar-refractivity contribution in [2.24, 2.45) is 52.3 Å². The molecule has 1 amide bonds. The van der Waals surface area contributed by atoms with Gasteiger partial charge in [-0.2, -0.15) is 0 Å². The molecule has 2 saturated carbocycles. The number of cyclic esters (lactones) is 2. The summed E-state index contributed by atoms with van der Waals surface area (Å²) in [6, 6.07) is -1.23. The molecule has 4 heterocycles. The topological polar surface area (TPSA) is 333 Å². The van der Waals surface area contributed by atoms with E-state index in [-0.39, 0.29) is 91.8 Å². The number of unbranched alkanes of at least 4 members (excludes halogenated alkanes) is 3. The summed E-state index contributed by atoms with van der Waals surface area (Å²) in [4.78, 5) is 147.